The SMILES string of the molecule is CCCCCCC1(CCCCCC)c2ccccc2-c2ccc(-c3ccc4c(c3)C(C)(C)c3cc(-c5ccc6c(c5)C(C)c5cc(-c7cc(-c8cc[c-]c(-c9nccc%10ccccc9%10)c8)cc(-c8ccc9c(c8)C(C)(C)c8cc(-c%10ccc%11c(c%10)C(C)(C)c%10cc(-c%12ccc%13c(c%12)C(CCCCCC)(CCCCCC)c%12ccccc%12-%13)ccc%10-%11)ccc8-9)c7)ccc5-6)ccc3-4)cc21.[Ir]. The Morgan fingerprint density at radius 3 is 0.886 bits per heavy atom. The molecule has 0 saturated heterocycles. The van der Waals surface area contributed by atoms with Gasteiger partial charge in [-0.25, -0.2) is 0 Å². The predicted octanol–water partition coefficient (Wildman–Crippen LogP) is 36.8. The number of rotatable bonds is 28. The zero-order valence-corrected chi connectivity index (χ0v) is 81.8. The van der Waals surface area contributed by atoms with E-state index in [9.17, 15) is 0 Å². The van der Waals surface area contributed by atoms with E-state index in [4.69, 9.17) is 4.98 Å². The van der Waals surface area contributed by atoms with Gasteiger partial charge in [0.2, 0.25) is 0 Å². The van der Waals surface area contributed by atoms with Gasteiger partial charge in [0.05, 0.1) is 0 Å². The van der Waals surface area contributed by atoms with Crippen LogP contribution in [0.25, 0.3) is 167 Å². The summed E-state index contributed by atoms with van der Waals surface area (Å²) < 4.78 is 0. The maximum absolute atomic E-state index is 5.02. The number of unbranched alkanes of at least 4 members (excludes halogenated alkanes) is 12. The molecule has 1 atom stereocenters. The van der Waals surface area contributed by atoms with Crippen LogP contribution in [-0.4, -0.2) is 4.98 Å². The van der Waals surface area contributed by atoms with Crippen LogP contribution in [0.3, 0.4) is 0 Å². The van der Waals surface area contributed by atoms with Crippen LogP contribution in [0.2, 0.25) is 0 Å². The molecule has 1 heterocycles. The van der Waals surface area contributed by atoms with Crippen LogP contribution in [0, 0.1) is 6.07 Å². The normalized spacial score (nSPS) is 15.4. The Kier molecular flexibility index (Phi) is 22.9. The Morgan fingerprint density at radius 1 is 0.250 bits per heavy atom. The third kappa shape index (κ3) is 14.5. The summed E-state index contributed by atoms with van der Waals surface area (Å²) in [4.78, 5) is 5.02. The molecule has 0 spiro atoms. The fourth-order valence-electron chi connectivity index (χ4n) is 25.4. The molecule has 0 N–H and O–H groups in total. The third-order valence-electron chi connectivity index (χ3n) is 32.7. The Hall–Kier alpha value is -11.6. The van der Waals surface area contributed by atoms with E-state index in [2.05, 4.69) is 379 Å². The summed E-state index contributed by atoms with van der Waals surface area (Å²) in [6.07, 6.45) is 27.4. The van der Waals surface area contributed by atoms with Crippen molar-refractivity contribution in [2.24, 2.45) is 0 Å². The smallest absolute Gasteiger partial charge is 0.0215 e. The maximum atomic E-state index is 5.02. The van der Waals surface area contributed by atoms with Crippen LogP contribution in [0.1, 0.15) is 277 Å². The van der Waals surface area contributed by atoms with Crippen molar-refractivity contribution in [1.29, 1.82) is 0 Å². The van der Waals surface area contributed by atoms with Gasteiger partial charge in [0.1, 0.15) is 0 Å². The number of fused-ring (bicyclic) bond motifs is 19. The summed E-state index contributed by atoms with van der Waals surface area (Å²) in [7, 11) is 0. The van der Waals surface area contributed by atoms with Crippen LogP contribution >= 0.6 is 0 Å². The van der Waals surface area contributed by atoms with Gasteiger partial charge in [0.15, 0.2) is 0 Å². The Labute approximate surface area is 799 Å². The molecule has 0 amide bonds. The average molecular weight is 1890 g/mol. The van der Waals surface area contributed by atoms with Crippen LogP contribution in [0.5, 0.6) is 0 Å². The minimum atomic E-state index is -0.272. The van der Waals surface area contributed by atoms with Gasteiger partial charge in [0.25, 0.3) is 0 Å². The van der Waals surface area contributed by atoms with Crippen molar-refractivity contribution in [1.82, 2.24) is 4.98 Å². The molecule has 0 bridgehead atoms. The van der Waals surface area contributed by atoms with E-state index in [0.29, 0.717) is 0 Å². The molecule has 1 unspecified atom stereocenters. The van der Waals surface area contributed by atoms with E-state index >= 15 is 0 Å². The van der Waals surface area contributed by atoms with Gasteiger partial charge in [-0.2, -0.15) is 0 Å². The Morgan fingerprint density at radius 2 is 0.530 bits per heavy atom. The summed E-state index contributed by atoms with van der Waals surface area (Å²) in [5.74, 6) is 0.191. The molecular formula is C130H124IrN-. The monoisotopic (exact) mass is 1890 g/mol. The van der Waals surface area contributed by atoms with Crippen LogP contribution in [-0.2, 0) is 47.2 Å². The maximum Gasteiger partial charge on any atom is 0.0215 e. The first-order valence-corrected chi connectivity index (χ1v) is 50.1. The summed E-state index contributed by atoms with van der Waals surface area (Å²) >= 11 is 0. The average Bonchev–Trinajstić information content (AvgIpc) is 1.56. The van der Waals surface area contributed by atoms with E-state index in [-0.39, 0.29) is 53.1 Å². The number of hydrogen-bond acceptors (Lipinski definition) is 1. The van der Waals surface area contributed by atoms with Crippen molar-refractivity contribution in [2.45, 2.75) is 238 Å². The first-order valence-electron chi connectivity index (χ1n) is 50.1. The van der Waals surface area contributed by atoms with Crippen molar-refractivity contribution in [2.75, 3.05) is 0 Å². The molecule has 22 rings (SSSR count). The summed E-state index contributed by atoms with van der Waals surface area (Å²) in [6.45, 7) is 26.5. The minimum Gasteiger partial charge on any atom is -0.304 e. The summed E-state index contributed by atoms with van der Waals surface area (Å²) in [5, 5.41) is 2.29. The standard InChI is InChI=1S/C130H124N.Ir/c1-12-16-20-30-64-129(65-31-21-17-13-2)115-41-28-26-39-103(115)111-61-50-93(81-123(111)129)91-48-58-107-105-55-45-88(75-117(105)126(6,7)120(107)78-91)86-43-53-101-102-54-44-87(74-114(102)83(5)113(101)73-86)98-70-97(85-36-34-37-96(69-85)125-100-38-25-24-35-84(100)63-68-131-125)71-99(72-98)95-52-60-110-109-57-47-90(77-119(109)128(10,11)122(110)80-95)89-46-56-106-108-59-49-92(79-121(108)127(8,9)118(106)76-89)94-51-62-112-104-40-27-29-42-116(104)130(124(112)82-94,66-32-22-18-14-3)67-33-23-19-15-4;/h24-29,34-36,38-63,68-83H,12-23,30-33,64-67H2,1-11H3;/q-1;. The van der Waals surface area contributed by atoms with Gasteiger partial charge in [0, 0.05) is 59.3 Å². The Bertz CT molecular complexity index is 7200. The second kappa shape index (κ2) is 34.7. The topological polar surface area (TPSA) is 12.9 Å². The molecule has 6 aliphatic rings. The van der Waals surface area contributed by atoms with Crippen molar-refractivity contribution < 1.29 is 20.1 Å². The van der Waals surface area contributed by atoms with Gasteiger partial charge in [-0.05, 0) is 333 Å². The molecule has 1 radical (unpaired) electrons. The molecule has 659 valence electrons. The molecule has 15 aromatic carbocycles. The van der Waals surface area contributed by atoms with E-state index in [1.807, 2.05) is 6.20 Å². The van der Waals surface area contributed by atoms with E-state index < -0.39 is 0 Å². The summed E-state index contributed by atoms with van der Waals surface area (Å²) in [6, 6.07) is 121. The second-order valence-electron chi connectivity index (χ2n) is 41.5. The molecule has 0 aliphatic heterocycles. The van der Waals surface area contributed by atoms with Gasteiger partial charge < -0.3 is 4.98 Å². The molecule has 6 aliphatic carbocycles. The van der Waals surface area contributed by atoms with Gasteiger partial charge in [-0.15, -0.1) is 35.4 Å². The molecule has 0 saturated carbocycles. The van der Waals surface area contributed by atoms with Gasteiger partial charge in [-0.1, -0.05) is 373 Å². The first kappa shape index (κ1) is 87.0. The first-order chi connectivity index (χ1) is 63.9. The minimum absolute atomic E-state index is 0. The number of pyridine rings is 1. The fraction of sp³-hybridized carbons (Fsp3) is 0.285. The second-order valence-corrected chi connectivity index (χ2v) is 41.5. The molecule has 16 aromatic rings. The zero-order valence-electron chi connectivity index (χ0n) is 79.4. The van der Waals surface area contributed by atoms with E-state index in [1.165, 1.54) is 312 Å². The zero-order chi connectivity index (χ0) is 89.2. The van der Waals surface area contributed by atoms with Crippen molar-refractivity contribution >= 4 is 10.8 Å². The number of benzene rings is 15. The molecule has 1 nitrogen and oxygen atoms in total. The van der Waals surface area contributed by atoms with Crippen molar-refractivity contribution in [3.63, 3.8) is 0 Å². The van der Waals surface area contributed by atoms with Crippen molar-refractivity contribution in [3.8, 4) is 156 Å². The largest absolute Gasteiger partial charge is 0.304 e. The van der Waals surface area contributed by atoms with Gasteiger partial charge >= 0.3 is 0 Å². The summed E-state index contributed by atoms with van der Waals surface area (Å²) in [5.41, 5.74) is 52.8. The molecule has 0 fully saturated rings. The van der Waals surface area contributed by atoms with Crippen LogP contribution < -0.4 is 0 Å². The predicted molar refractivity (Wildman–Crippen MR) is 557 cm³/mol. The molecule has 1 aromatic heterocycles. The third-order valence-corrected chi connectivity index (χ3v) is 32.7. The van der Waals surface area contributed by atoms with Crippen LogP contribution in [0.15, 0.2) is 303 Å². The fourth-order valence-corrected chi connectivity index (χ4v) is 25.4. The van der Waals surface area contributed by atoms with Crippen LogP contribution in [0.4, 0.5) is 0 Å². The van der Waals surface area contributed by atoms with E-state index in [0.717, 1.165) is 27.8 Å². The number of aromatic nitrogens is 1. The Balaban J connectivity index is 0.0000105. The number of nitrogens with zero attached hydrogens (tertiary/aromatic N) is 1. The quantitative estimate of drug-likeness (QED) is 0.0352. The number of hydrogen-bond donors (Lipinski definition) is 0. The van der Waals surface area contributed by atoms with Gasteiger partial charge in [-0.3, -0.25) is 0 Å². The van der Waals surface area contributed by atoms with E-state index in [1.54, 1.807) is 22.3 Å². The molecular weight excluding hydrogens is 1770 g/mol. The molecule has 2 heteroatoms. The molecule has 132 heavy (non-hydrogen) atoms. The van der Waals surface area contributed by atoms with Crippen molar-refractivity contribution in [3.05, 3.63) is 376 Å².